The zero-order chi connectivity index (χ0) is 12.9. The number of fused-ring (bicyclic) bond motifs is 1. The number of rotatable bonds is 1. The molecule has 1 aromatic carbocycles. The maximum absolute atomic E-state index is 11.7. The number of nitrogens with zero attached hydrogens (tertiary/aromatic N) is 2. The average Bonchev–Trinajstić information content (AvgIpc) is 2.75. The van der Waals surface area contributed by atoms with Crippen LogP contribution < -0.4 is 0 Å². The number of hydrogen-bond donors (Lipinski definition) is 1. The van der Waals surface area contributed by atoms with Gasteiger partial charge < -0.3 is 5.11 Å². The van der Waals surface area contributed by atoms with Gasteiger partial charge in [-0.2, -0.15) is 5.10 Å². The van der Waals surface area contributed by atoms with E-state index in [0.29, 0.717) is 17.1 Å². The molecule has 1 aliphatic rings. The number of aromatic hydroxyl groups is 1. The van der Waals surface area contributed by atoms with E-state index in [2.05, 4.69) is 5.10 Å². The average molecular weight is 264 g/mol. The van der Waals surface area contributed by atoms with Crippen LogP contribution in [0.15, 0.2) is 24.3 Å². The van der Waals surface area contributed by atoms with Crippen molar-refractivity contribution >= 4 is 9.84 Å². The molecule has 2 aromatic rings. The summed E-state index contributed by atoms with van der Waals surface area (Å²) in [6.45, 7) is 1.79. The lowest BCUT2D eigenvalue weighted by atomic mass is 10.2. The molecule has 1 aliphatic heterocycles. The second-order valence-electron chi connectivity index (χ2n) is 4.44. The number of phenols is 1. The van der Waals surface area contributed by atoms with Crippen molar-refractivity contribution in [2.45, 2.75) is 18.4 Å². The molecule has 5 nitrogen and oxygen atoms in total. The molecule has 0 spiro atoms. The van der Waals surface area contributed by atoms with Crippen LogP contribution in [0.5, 0.6) is 5.75 Å². The van der Waals surface area contributed by atoms with E-state index >= 15 is 0 Å². The van der Waals surface area contributed by atoms with Crippen molar-refractivity contribution in [3.63, 3.8) is 0 Å². The van der Waals surface area contributed by atoms with Crippen LogP contribution in [0.1, 0.15) is 17.0 Å². The molecule has 0 radical (unpaired) electrons. The summed E-state index contributed by atoms with van der Waals surface area (Å²) in [5.74, 6) is 0.117. The van der Waals surface area contributed by atoms with Crippen molar-refractivity contribution < 1.29 is 13.5 Å². The van der Waals surface area contributed by atoms with Crippen LogP contribution in [0.3, 0.4) is 0 Å². The zero-order valence-corrected chi connectivity index (χ0v) is 10.6. The van der Waals surface area contributed by atoms with Crippen LogP contribution in [-0.2, 0) is 21.3 Å². The van der Waals surface area contributed by atoms with E-state index in [4.69, 9.17) is 0 Å². The molecule has 0 saturated heterocycles. The van der Waals surface area contributed by atoms with Gasteiger partial charge in [-0.25, -0.2) is 13.1 Å². The summed E-state index contributed by atoms with van der Waals surface area (Å²) < 4.78 is 24.9. The lowest BCUT2D eigenvalue weighted by Gasteiger charge is -2.06. The fraction of sp³-hybridized carbons (Fsp3) is 0.250. The van der Waals surface area contributed by atoms with Gasteiger partial charge in [0.2, 0.25) is 0 Å². The summed E-state index contributed by atoms with van der Waals surface area (Å²) in [4.78, 5) is 0. The Hall–Kier alpha value is -1.82. The fourth-order valence-electron chi connectivity index (χ4n) is 2.27. The molecule has 3 rings (SSSR count). The minimum absolute atomic E-state index is 0.0164. The molecule has 1 aromatic heterocycles. The topological polar surface area (TPSA) is 72.2 Å². The molecule has 0 fully saturated rings. The summed E-state index contributed by atoms with van der Waals surface area (Å²) in [6.07, 6.45) is 0. The standard InChI is InChI=1S/C12H12N2O3S/c1-8-9-6-18(16,17)7-11(9)14(13-8)10-4-2-3-5-12(10)15/h2-5,15H,6-7H2,1H3. The van der Waals surface area contributed by atoms with Gasteiger partial charge in [-0.05, 0) is 19.1 Å². The first-order chi connectivity index (χ1) is 8.48. The van der Waals surface area contributed by atoms with Crippen molar-refractivity contribution in [3.8, 4) is 11.4 Å². The van der Waals surface area contributed by atoms with Crippen LogP contribution in [0.4, 0.5) is 0 Å². The molecule has 2 heterocycles. The Bertz CT molecular complexity index is 732. The van der Waals surface area contributed by atoms with Crippen molar-refractivity contribution in [2.24, 2.45) is 0 Å². The fourth-order valence-corrected chi connectivity index (χ4v) is 3.90. The maximum atomic E-state index is 11.7. The van der Waals surface area contributed by atoms with Crippen molar-refractivity contribution in [1.29, 1.82) is 0 Å². The zero-order valence-electron chi connectivity index (χ0n) is 9.79. The van der Waals surface area contributed by atoms with Crippen molar-refractivity contribution in [1.82, 2.24) is 9.78 Å². The van der Waals surface area contributed by atoms with E-state index in [-0.39, 0.29) is 17.3 Å². The Balaban J connectivity index is 2.23. The predicted molar refractivity (Wildman–Crippen MR) is 66.3 cm³/mol. The van der Waals surface area contributed by atoms with Crippen molar-refractivity contribution in [3.05, 3.63) is 41.2 Å². The first-order valence-corrected chi connectivity index (χ1v) is 7.36. The molecule has 18 heavy (non-hydrogen) atoms. The molecule has 94 valence electrons. The SMILES string of the molecule is Cc1nn(-c2ccccc2O)c2c1CS(=O)(=O)C2. The molecule has 0 saturated carbocycles. The van der Waals surface area contributed by atoms with Gasteiger partial charge >= 0.3 is 0 Å². The predicted octanol–water partition coefficient (Wildman–Crippen LogP) is 1.31. The third kappa shape index (κ3) is 1.60. The highest BCUT2D eigenvalue weighted by molar-refractivity contribution is 7.90. The summed E-state index contributed by atoms with van der Waals surface area (Å²) in [5.41, 5.74) is 2.64. The van der Waals surface area contributed by atoms with Crippen LogP contribution in [0.25, 0.3) is 5.69 Å². The number of para-hydroxylation sites is 2. The molecule has 0 unspecified atom stereocenters. The maximum Gasteiger partial charge on any atom is 0.160 e. The van der Waals surface area contributed by atoms with Gasteiger partial charge in [-0.3, -0.25) is 0 Å². The number of aryl methyl sites for hydroxylation is 1. The molecule has 0 atom stereocenters. The van der Waals surface area contributed by atoms with E-state index in [1.165, 1.54) is 4.68 Å². The van der Waals surface area contributed by atoms with Gasteiger partial charge in [0, 0.05) is 5.56 Å². The van der Waals surface area contributed by atoms with Crippen LogP contribution in [0, 0.1) is 6.92 Å². The molecule has 0 bridgehead atoms. The summed E-state index contributed by atoms with van der Waals surface area (Å²) >= 11 is 0. The molecule has 6 heteroatoms. The highest BCUT2D eigenvalue weighted by atomic mass is 32.2. The van der Waals surface area contributed by atoms with Crippen LogP contribution in [0.2, 0.25) is 0 Å². The van der Waals surface area contributed by atoms with E-state index in [1.54, 1.807) is 31.2 Å². The summed E-state index contributed by atoms with van der Waals surface area (Å²) in [6, 6.07) is 6.77. The third-order valence-corrected chi connectivity index (χ3v) is 4.56. The van der Waals surface area contributed by atoms with E-state index in [0.717, 1.165) is 5.56 Å². The first-order valence-electron chi connectivity index (χ1n) is 5.54. The second-order valence-corrected chi connectivity index (χ2v) is 6.51. The highest BCUT2D eigenvalue weighted by Gasteiger charge is 2.31. The largest absolute Gasteiger partial charge is 0.506 e. The smallest absolute Gasteiger partial charge is 0.160 e. The lowest BCUT2D eigenvalue weighted by Crippen LogP contribution is -2.05. The minimum Gasteiger partial charge on any atom is -0.506 e. The normalized spacial score (nSPS) is 16.7. The number of sulfone groups is 1. The van der Waals surface area contributed by atoms with Crippen LogP contribution in [-0.4, -0.2) is 23.3 Å². The van der Waals surface area contributed by atoms with E-state index in [9.17, 15) is 13.5 Å². The number of hydrogen-bond acceptors (Lipinski definition) is 4. The summed E-state index contributed by atoms with van der Waals surface area (Å²) in [5, 5.41) is 14.1. The second kappa shape index (κ2) is 3.58. The van der Waals surface area contributed by atoms with Crippen LogP contribution >= 0.6 is 0 Å². The third-order valence-electron chi connectivity index (χ3n) is 3.12. The quantitative estimate of drug-likeness (QED) is 0.843. The van der Waals surface area contributed by atoms with Gasteiger partial charge in [0.05, 0.1) is 22.9 Å². The van der Waals surface area contributed by atoms with Crippen molar-refractivity contribution in [2.75, 3.05) is 0 Å². The Kier molecular flexibility index (Phi) is 2.25. The highest BCUT2D eigenvalue weighted by Crippen LogP contribution is 2.31. The first kappa shape index (κ1) is 11.3. The lowest BCUT2D eigenvalue weighted by molar-refractivity contribution is 0.469. The molecule has 0 amide bonds. The number of aromatic nitrogens is 2. The molecular weight excluding hydrogens is 252 g/mol. The van der Waals surface area contributed by atoms with Gasteiger partial charge in [0.25, 0.3) is 0 Å². The van der Waals surface area contributed by atoms with Gasteiger partial charge in [0.1, 0.15) is 11.4 Å². The Morgan fingerprint density at radius 2 is 2.00 bits per heavy atom. The molecule has 0 aliphatic carbocycles. The minimum atomic E-state index is -3.07. The van der Waals surface area contributed by atoms with Gasteiger partial charge in [-0.1, -0.05) is 12.1 Å². The molecule has 1 N–H and O–H groups in total. The number of phenolic OH excluding ortho intramolecular Hbond substituents is 1. The Morgan fingerprint density at radius 3 is 2.72 bits per heavy atom. The van der Waals surface area contributed by atoms with E-state index in [1.807, 2.05) is 0 Å². The van der Waals surface area contributed by atoms with Gasteiger partial charge in [-0.15, -0.1) is 0 Å². The Morgan fingerprint density at radius 1 is 1.28 bits per heavy atom. The monoisotopic (exact) mass is 264 g/mol. The van der Waals surface area contributed by atoms with Gasteiger partial charge in [0.15, 0.2) is 9.84 Å². The Labute approximate surface area is 105 Å². The number of benzene rings is 1. The summed E-state index contributed by atoms with van der Waals surface area (Å²) in [7, 11) is -3.07. The van der Waals surface area contributed by atoms with E-state index < -0.39 is 9.84 Å². The molecular formula is C12H12N2O3S.